The number of pyridine rings is 1. The predicted octanol–water partition coefficient (Wildman–Crippen LogP) is 1.84. The lowest BCUT2D eigenvalue weighted by Crippen LogP contribution is -2.26. The zero-order valence-corrected chi connectivity index (χ0v) is 12.2. The average Bonchev–Trinajstić information content (AvgIpc) is 2.42. The van der Waals surface area contributed by atoms with Crippen molar-refractivity contribution in [3.05, 3.63) is 53.3 Å². The lowest BCUT2D eigenvalue weighted by Gasteiger charge is -2.09. The van der Waals surface area contributed by atoms with Crippen molar-refractivity contribution in [3.63, 3.8) is 0 Å². The van der Waals surface area contributed by atoms with E-state index < -0.39 is 10.0 Å². The largest absolute Gasteiger partial charge is 0.398 e. The van der Waals surface area contributed by atoms with E-state index in [-0.39, 0.29) is 17.1 Å². The first-order chi connectivity index (χ1) is 9.49. The molecule has 5 nitrogen and oxygen atoms in total. The van der Waals surface area contributed by atoms with Crippen LogP contribution in [0.3, 0.4) is 0 Å². The van der Waals surface area contributed by atoms with E-state index >= 15 is 0 Å². The third-order valence-electron chi connectivity index (χ3n) is 2.72. The molecule has 1 aromatic carbocycles. The molecule has 106 valence electrons. The predicted molar refractivity (Wildman–Crippen MR) is 79.0 cm³/mol. The molecule has 3 N–H and O–H groups in total. The second-order valence-electron chi connectivity index (χ2n) is 4.19. The molecule has 0 amide bonds. The van der Waals surface area contributed by atoms with Crippen molar-refractivity contribution in [2.75, 3.05) is 12.3 Å². The highest BCUT2D eigenvalue weighted by Crippen LogP contribution is 2.22. The Morgan fingerprint density at radius 3 is 2.60 bits per heavy atom. The number of sulfonamides is 1. The van der Waals surface area contributed by atoms with Gasteiger partial charge in [0.15, 0.2) is 0 Å². The molecule has 7 heteroatoms. The Labute approximate surface area is 122 Å². The van der Waals surface area contributed by atoms with Gasteiger partial charge in [-0.05, 0) is 42.3 Å². The van der Waals surface area contributed by atoms with Crippen LogP contribution in [0.5, 0.6) is 0 Å². The van der Waals surface area contributed by atoms with Gasteiger partial charge in [0.2, 0.25) is 10.0 Å². The summed E-state index contributed by atoms with van der Waals surface area (Å²) >= 11 is 5.80. The smallest absolute Gasteiger partial charge is 0.242 e. The normalized spacial score (nSPS) is 11.4. The number of nitrogen functional groups attached to an aromatic ring is 1. The van der Waals surface area contributed by atoms with Gasteiger partial charge in [-0.3, -0.25) is 4.98 Å². The van der Waals surface area contributed by atoms with Gasteiger partial charge in [-0.2, -0.15) is 0 Å². The second kappa shape index (κ2) is 6.21. The Bertz CT molecular complexity index is 690. The summed E-state index contributed by atoms with van der Waals surface area (Å²) in [4.78, 5) is 3.90. The van der Waals surface area contributed by atoms with E-state index in [9.17, 15) is 8.42 Å². The Kier molecular flexibility index (Phi) is 4.59. The first-order valence-electron chi connectivity index (χ1n) is 5.92. The quantitative estimate of drug-likeness (QED) is 0.825. The van der Waals surface area contributed by atoms with Crippen molar-refractivity contribution in [2.24, 2.45) is 0 Å². The summed E-state index contributed by atoms with van der Waals surface area (Å²) < 4.78 is 26.8. The molecule has 0 bridgehead atoms. The molecule has 0 radical (unpaired) electrons. The molecule has 0 aliphatic heterocycles. The van der Waals surface area contributed by atoms with Crippen LogP contribution in [-0.2, 0) is 16.4 Å². The molecule has 0 spiro atoms. The van der Waals surface area contributed by atoms with Crippen LogP contribution in [0.15, 0.2) is 47.6 Å². The molecule has 0 unspecified atom stereocenters. The van der Waals surface area contributed by atoms with E-state index in [1.807, 2.05) is 12.1 Å². The number of hydrogen-bond acceptors (Lipinski definition) is 4. The van der Waals surface area contributed by atoms with Crippen molar-refractivity contribution < 1.29 is 8.42 Å². The van der Waals surface area contributed by atoms with Gasteiger partial charge in [0.25, 0.3) is 0 Å². The number of anilines is 1. The zero-order valence-electron chi connectivity index (χ0n) is 10.6. The summed E-state index contributed by atoms with van der Waals surface area (Å²) in [7, 11) is -3.66. The standard InChI is InChI=1S/C13H14ClN3O2S/c14-11-1-2-12(15)13(9-11)20(18,19)17-8-5-10-3-6-16-7-4-10/h1-4,6-7,9,17H,5,8,15H2. The van der Waals surface area contributed by atoms with Crippen molar-refractivity contribution in [3.8, 4) is 0 Å². The van der Waals surface area contributed by atoms with E-state index in [4.69, 9.17) is 17.3 Å². The monoisotopic (exact) mass is 311 g/mol. The number of aromatic nitrogens is 1. The van der Waals surface area contributed by atoms with Gasteiger partial charge < -0.3 is 5.73 Å². The van der Waals surface area contributed by atoms with Gasteiger partial charge in [0.1, 0.15) is 4.90 Å². The molecule has 0 saturated heterocycles. The van der Waals surface area contributed by atoms with Gasteiger partial charge >= 0.3 is 0 Å². The maximum Gasteiger partial charge on any atom is 0.242 e. The van der Waals surface area contributed by atoms with Crippen LogP contribution in [0, 0.1) is 0 Å². The number of nitrogens with zero attached hydrogens (tertiary/aromatic N) is 1. The second-order valence-corrected chi connectivity index (χ2v) is 6.36. The molecule has 2 aromatic rings. The minimum Gasteiger partial charge on any atom is -0.398 e. The highest BCUT2D eigenvalue weighted by molar-refractivity contribution is 7.89. The van der Waals surface area contributed by atoms with Crippen molar-refractivity contribution in [2.45, 2.75) is 11.3 Å². The van der Waals surface area contributed by atoms with Crippen LogP contribution in [0.4, 0.5) is 5.69 Å². The molecule has 20 heavy (non-hydrogen) atoms. The summed E-state index contributed by atoms with van der Waals surface area (Å²) in [6, 6.07) is 8.03. The minimum absolute atomic E-state index is 0.000252. The highest BCUT2D eigenvalue weighted by atomic mass is 35.5. The summed E-state index contributed by atoms with van der Waals surface area (Å²) in [5, 5.41) is 0.328. The third kappa shape index (κ3) is 3.69. The van der Waals surface area contributed by atoms with Gasteiger partial charge in [0.05, 0.1) is 5.69 Å². The molecule has 0 aliphatic carbocycles. The van der Waals surface area contributed by atoms with Crippen LogP contribution < -0.4 is 10.5 Å². The molecular formula is C13H14ClN3O2S. The maximum absolute atomic E-state index is 12.1. The summed E-state index contributed by atoms with van der Waals surface area (Å²) in [5.41, 5.74) is 6.85. The van der Waals surface area contributed by atoms with Crippen molar-refractivity contribution in [1.82, 2.24) is 9.71 Å². The van der Waals surface area contributed by atoms with Crippen LogP contribution >= 0.6 is 11.6 Å². The molecule has 1 heterocycles. The zero-order chi connectivity index (χ0) is 14.6. The van der Waals surface area contributed by atoms with Gasteiger partial charge in [0, 0.05) is 24.0 Å². The molecule has 0 saturated carbocycles. The lowest BCUT2D eigenvalue weighted by atomic mass is 10.2. The number of nitrogens with one attached hydrogen (secondary N) is 1. The van der Waals surface area contributed by atoms with Crippen LogP contribution in [0.1, 0.15) is 5.56 Å². The minimum atomic E-state index is -3.66. The number of benzene rings is 1. The SMILES string of the molecule is Nc1ccc(Cl)cc1S(=O)(=O)NCCc1ccncc1. The lowest BCUT2D eigenvalue weighted by molar-refractivity contribution is 0.582. The average molecular weight is 312 g/mol. The topological polar surface area (TPSA) is 85.1 Å². The van der Waals surface area contributed by atoms with Gasteiger partial charge in [-0.25, -0.2) is 13.1 Å². The fourth-order valence-corrected chi connectivity index (χ4v) is 3.12. The fourth-order valence-electron chi connectivity index (χ4n) is 1.70. The van der Waals surface area contributed by atoms with E-state index in [0.717, 1.165) is 5.56 Å². The first kappa shape index (κ1) is 14.8. The van der Waals surface area contributed by atoms with Crippen molar-refractivity contribution in [1.29, 1.82) is 0 Å². The Hall–Kier alpha value is -1.63. The number of halogens is 1. The number of rotatable bonds is 5. The molecule has 0 fully saturated rings. The van der Waals surface area contributed by atoms with Crippen LogP contribution in [0.2, 0.25) is 5.02 Å². The van der Waals surface area contributed by atoms with E-state index in [2.05, 4.69) is 9.71 Å². The summed E-state index contributed by atoms with van der Waals surface area (Å²) in [6.07, 6.45) is 3.90. The Morgan fingerprint density at radius 2 is 1.90 bits per heavy atom. The molecule has 0 aliphatic rings. The van der Waals surface area contributed by atoms with Gasteiger partial charge in [-0.1, -0.05) is 11.6 Å². The first-order valence-corrected chi connectivity index (χ1v) is 7.79. The molecule has 0 atom stereocenters. The van der Waals surface area contributed by atoms with E-state index in [1.165, 1.54) is 12.1 Å². The summed E-state index contributed by atoms with van der Waals surface area (Å²) in [5.74, 6) is 0. The number of hydrogen-bond donors (Lipinski definition) is 2. The van der Waals surface area contributed by atoms with Crippen LogP contribution in [-0.4, -0.2) is 19.9 Å². The number of nitrogens with two attached hydrogens (primary N) is 1. The summed E-state index contributed by atoms with van der Waals surface area (Å²) in [6.45, 7) is 0.276. The van der Waals surface area contributed by atoms with E-state index in [0.29, 0.717) is 11.4 Å². The van der Waals surface area contributed by atoms with Crippen LogP contribution in [0.25, 0.3) is 0 Å². The van der Waals surface area contributed by atoms with Gasteiger partial charge in [-0.15, -0.1) is 0 Å². The molecular weight excluding hydrogens is 298 g/mol. The molecule has 2 rings (SSSR count). The van der Waals surface area contributed by atoms with Crippen molar-refractivity contribution >= 4 is 27.3 Å². The fraction of sp³-hybridized carbons (Fsp3) is 0.154. The Balaban J connectivity index is 2.06. The molecule has 1 aromatic heterocycles. The van der Waals surface area contributed by atoms with E-state index in [1.54, 1.807) is 18.5 Å². The third-order valence-corrected chi connectivity index (χ3v) is 4.47. The highest BCUT2D eigenvalue weighted by Gasteiger charge is 2.17. The Morgan fingerprint density at radius 1 is 1.20 bits per heavy atom. The maximum atomic E-state index is 12.1.